The maximum Gasteiger partial charge on any atom is 0.573 e. The van der Waals surface area contributed by atoms with Crippen LogP contribution >= 0.6 is 0 Å². The van der Waals surface area contributed by atoms with Gasteiger partial charge in [0, 0.05) is 18.3 Å². The molecule has 3 aromatic rings. The van der Waals surface area contributed by atoms with Crippen LogP contribution in [-0.4, -0.2) is 40.5 Å². The number of amides is 1. The summed E-state index contributed by atoms with van der Waals surface area (Å²) in [6.07, 6.45) is -2.90. The Kier molecular flexibility index (Phi) is 5.00. The molecule has 2 N–H and O–H groups in total. The van der Waals surface area contributed by atoms with E-state index in [1.54, 1.807) is 0 Å². The van der Waals surface area contributed by atoms with Gasteiger partial charge in [0.25, 0.3) is 5.91 Å². The second-order valence-corrected chi connectivity index (χ2v) is 9.15. The van der Waals surface area contributed by atoms with Crippen molar-refractivity contribution in [3.63, 3.8) is 0 Å². The van der Waals surface area contributed by atoms with Crippen molar-refractivity contribution < 1.29 is 31.1 Å². The lowest BCUT2D eigenvalue weighted by molar-refractivity contribution is -0.275. The Labute approximate surface area is 172 Å². The lowest BCUT2D eigenvalue weighted by Gasteiger charge is -2.15. The predicted octanol–water partition coefficient (Wildman–Crippen LogP) is 1.79. The summed E-state index contributed by atoms with van der Waals surface area (Å²) >= 11 is 0. The zero-order valence-electron chi connectivity index (χ0n) is 15.6. The molecule has 13 heteroatoms. The first-order chi connectivity index (χ1) is 14.5. The molecule has 1 aliphatic carbocycles. The number of sulfone groups is 1. The number of nitrogens with zero attached hydrogens (tertiary/aromatic N) is 2. The smallest absolute Gasteiger partial charge is 0.405 e. The van der Waals surface area contributed by atoms with E-state index in [1.807, 2.05) is 0 Å². The van der Waals surface area contributed by atoms with E-state index in [0.29, 0.717) is 12.8 Å². The zero-order chi connectivity index (χ0) is 22.4. The number of carbonyl (C=O) groups excluding carboxylic acids is 1. The molecular formula is C18H15F3N4O5S. The monoisotopic (exact) mass is 456 g/mol. The molecule has 1 aromatic carbocycles. The molecule has 9 nitrogen and oxygen atoms in total. The van der Waals surface area contributed by atoms with Gasteiger partial charge in [-0.05, 0) is 37.1 Å². The standard InChI is InChI=1S/C18H15F3N4O5S/c19-18(20,21)30-14-7-13(31(28,29)12-4-5-12)3-1-10(14)8-22-16(26)11-2-6-15-23-24-17(27)25(15)9-11/h1-3,6-7,9,12H,4-5,8H2,(H,22,26)(H,24,27). The Hall–Kier alpha value is -3.35. The number of nitrogens with one attached hydrogen (secondary N) is 2. The zero-order valence-corrected chi connectivity index (χ0v) is 16.5. The van der Waals surface area contributed by atoms with Crippen LogP contribution in [0.1, 0.15) is 28.8 Å². The van der Waals surface area contributed by atoms with Gasteiger partial charge in [0.15, 0.2) is 15.5 Å². The molecule has 0 spiro atoms. The average Bonchev–Trinajstić information content (AvgIpc) is 3.50. The molecular weight excluding hydrogens is 441 g/mol. The van der Waals surface area contributed by atoms with E-state index in [9.17, 15) is 31.2 Å². The summed E-state index contributed by atoms with van der Waals surface area (Å²) in [4.78, 5) is 23.7. The Morgan fingerprint density at radius 2 is 2.00 bits per heavy atom. The highest BCUT2D eigenvalue weighted by Gasteiger charge is 2.38. The van der Waals surface area contributed by atoms with E-state index in [0.717, 1.165) is 10.5 Å². The molecule has 164 valence electrons. The van der Waals surface area contributed by atoms with Gasteiger partial charge in [-0.3, -0.25) is 4.79 Å². The van der Waals surface area contributed by atoms with Crippen LogP contribution in [0.4, 0.5) is 13.2 Å². The molecule has 2 aromatic heterocycles. The van der Waals surface area contributed by atoms with Crippen molar-refractivity contribution in [3.8, 4) is 5.75 Å². The van der Waals surface area contributed by atoms with Crippen molar-refractivity contribution in [2.24, 2.45) is 0 Å². The Bertz CT molecular complexity index is 1330. The molecule has 31 heavy (non-hydrogen) atoms. The lowest BCUT2D eigenvalue weighted by Crippen LogP contribution is -2.25. The number of ether oxygens (including phenoxy) is 1. The highest BCUT2D eigenvalue weighted by molar-refractivity contribution is 7.92. The second-order valence-electron chi connectivity index (χ2n) is 6.92. The van der Waals surface area contributed by atoms with E-state index < -0.39 is 38.8 Å². The number of H-pyrrole nitrogens is 1. The fourth-order valence-electron chi connectivity index (χ4n) is 2.97. The van der Waals surface area contributed by atoms with Crippen LogP contribution in [0, 0.1) is 0 Å². The molecule has 0 aliphatic heterocycles. The Balaban J connectivity index is 1.58. The molecule has 0 unspecified atom stereocenters. The van der Waals surface area contributed by atoms with Crippen LogP contribution in [0.3, 0.4) is 0 Å². The van der Waals surface area contributed by atoms with Crippen LogP contribution in [0.5, 0.6) is 5.75 Å². The minimum Gasteiger partial charge on any atom is -0.405 e. The third kappa shape index (κ3) is 4.40. The van der Waals surface area contributed by atoms with Gasteiger partial charge in [-0.1, -0.05) is 6.07 Å². The van der Waals surface area contributed by atoms with Gasteiger partial charge in [0.05, 0.1) is 15.7 Å². The minimum absolute atomic E-state index is 0.0676. The lowest BCUT2D eigenvalue weighted by atomic mass is 10.2. The van der Waals surface area contributed by atoms with Gasteiger partial charge in [0.1, 0.15) is 5.75 Å². The fourth-order valence-corrected chi connectivity index (χ4v) is 4.64. The van der Waals surface area contributed by atoms with Crippen molar-refractivity contribution in [2.45, 2.75) is 35.9 Å². The van der Waals surface area contributed by atoms with Crippen molar-refractivity contribution in [1.82, 2.24) is 19.9 Å². The summed E-state index contributed by atoms with van der Waals surface area (Å²) in [6, 6.07) is 5.99. The van der Waals surface area contributed by atoms with Crippen molar-refractivity contribution in [3.05, 3.63) is 58.1 Å². The molecule has 1 amide bonds. The van der Waals surface area contributed by atoms with Gasteiger partial charge in [-0.15, -0.1) is 13.2 Å². The van der Waals surface area contributed by atoms with Crippen LogP contribution in [0.2, 0.25) is 0 Å². The molecule has 0 saturated heterocycles. The molecule has 1 aliphatic rings. The predicted molar refractivity (Wildman–Crippen MR) is 100 cm³/mol. The summed E-state index contributed by atoms with van der Waals surface area (Å²) < 4.78 is 68.3. The average molecular weight is 456 g/mol. The number of halogens is 3. The number of hydrogen-bond donors (Lipinski definition) is 2. The summed E-state index contributed by atoms with van der Waals surface area (Å²) in [6.45, 7) is -0.369. The first-order valence-corrected chi connectivity index (χ1v) is 10.6. The van der Waals surface area contributed by atoms with Crippen LogP contribution < -0.4 is 15.7 Å². The first-order valence-electron chi connectivity index (χ1n) is 9.02. The Morgan fingerprint density at radius 1 is 1.26 bits per heavy atom. The number of aromatic nitrogens is 3. The van der Waals surface area contributed by atoms with Crippen LogP contribution in [0.15, 0.2) is 46.2 Å². The fraction of sp³-hybridized carbons (Fsp3) is 0.278. The van der Waals surface area contributed by atoms with Gasteiger partial charge < -0.3 is 10.1 Å². The van der Waals surface area contributed by atoms with Gasteiger partial charge in [-0.2, -0.15) is 5.10 Å². The summed E-state index contributed by atoms with van der Waals surface area (Å²) in [5, 5.41) is 7.77. The summed E-state index contributed by atoms with van der Waals surface area (Å²) in [5.74, 6) is -1.38. The van der Waals surface area contributed by atoms with E-state index in [4.69, 9.17) is 0 Å². The number of hydrogen-bond acceptors (Lipinski definition) is 6. The van der Waals surface area contributed by atoms with Gasteiger partial charge in [0.2, 0.25) is 0 Å². The normalized spacial score (nSPS) is 14.5. The highest BCUT2D eigenvalue weighted by Crippen LogP contribution is 2.36. The second kappa shape index (κ2) is 7.41. The van der Waals surface area contributed by atoms with E-state index in [1.165, 1.54) is 30.5 Å². The van der Waals surface area contributed by atoms with Crippen LogP contribution in [0.25, 0.3) is 5.65 Å². The number of rotatable bonds is 6. The number of alkyl halides is 3. The van der Waals surface area contributed by atoms with E-state index in [-0.39, 0.29) is 28.2 Å². The Morgan fingerprint density at radius 3 is 2.68 bits per heavy atom. The minimum atomic E-state index is -5.05. The number of benzene rings is 1. The van der Waals surface area contributed by atoms with E-state index in [2.05, 4.69) is 20.3 Å². The highest BCUT2D eigenvalue weighted by atomic mass is 32.2. The van der Waals surface area contributed by atoms with E-state index >= 15 is 0 Å². The third-order valence-corrected chi connectivity index (χ3v) is 6.93. The summed E-state index contributed by atoms with van der Waals surface area (Å²) in [7, 11) is -3.73. The van der Waals surface area contributed by atoms with Crippen LogP contribution in [-0.2, 0) is 16.4 Å². The third-order valence-electron chi connectivity index (χ3n) is 4.67. The molecule has 1 saturated carbocycles. The molecule has 0 bridgehead atoms. The van der Waals surface area contributed by atoms with Gasteiger partial charge in [-0.25, -0.2) is 22.7 Å². The van der Waals surface area contributed by atoms with Gasteiger partial charge >= 0.3 is 12.1 Å². The largest absolute Gasteiger partial charge is 0.573 e. The van der Waals surface area contributed by atoms with Crippen molar-refractivity contribution in [2.75, 3.05) is 0 Å². The number of fused-ring (bicyclic) bond motifs is 1. The number of pyridine rings is 1. The SMILES string of the molecule is O=C(NCc1ccc(S(=O)(=O)C2CC2)cc1OC(F)(F)F)c1ccc2n[nH]c(=O)n2c1. The molecule has 1 fully saturated rings. The quantitative estimate of drug-likeness (QED) is 0.583. The van der Waals surface area contributed by atoms with Crippen molar-refractivity contribution >= 4 is 21.4 Å². The topological polar surface area (TPSA) is 123 Å². The van der Waals surface area contributed by atoms with Crippen molar-refractivity contribution in [1.29, 1.82) is 0 Å². The molecule has 2 heterocycles. The number of carbonyl (C=O) groups is 1. The molecule has 0 radical (unpaired) electrons. The molecule has 0 atom stereocenters. The number of aromatic amines is 1. The summed E-state index contributed by atoms with van der Waals surface area (Å²) in [5.41, 5.74) is -0.267. The molecule has 4 rings (SSSR count). The maximum absolute atomic E-state index is 12.8. The first kappa shape index (κ1) is 20.9. The maximum atomic E-state index is 12.8.